The van der Waals surface area contributed by atoms with Gasteiger partial charge in [0, 0.05) is 44.6 Å². The predicted octanol–water partition coefficient (Wildman–Crippen LogP) is 14.9. The van der Waals surface area contributed by atoms with E-state index < -0.39 is 0 Å². The number of hydrogen-bond acceptors (Lipinski definition) is 2. The van der Waals surface area contributed by atoms with Gasteiger partial charge in [-0.05, 0) is 160 Å². The summed E-state index contributed by atoms with van der Waals surface area (Å²) in [6, 6.07) is 49.1. The average molecular weight is 770 g/mol. The van der Waals surface area contributed by atoms with Crippen molar-refractivity contribution in [3.8, 4) is 33.8 Å². The normalized spacial score (nSPS) is 29.5. The quantitative estimate of drug-likeness (QED) is 0.177. The molecule has 59 heavy (non-hydrogen) atoms. The lowest BCUT2D eigenvalue weighted by molar-refractivity contribution is -0.235. The van der Waals surface area contributed by atoms with Crippen LogP contribution in [0, 0.1) is 29.1 Å². The first-order valence-corrected chi connectivity index (χ1v) is 22.6. The van der Waals surface area contributed by atoms with Crippen LogP contribution in [0.25, 0.3) is 22.3 Å². The number of para-hydroxylation sites is 2. The van der Waals surface area contributed by atoms with E-state index in [2.05, 4.69) is 174 Å². The van der Waals surface area contributed by atoms with Gasteiger partial charge in [-0.2, -0.15) is 0 Å². The first-order valence-electron chi connectivity index (χ1n) is 22.6. The van der Waals surface area contributed by atoms with Crippen molar-refractivity contribution in [3.63, 3.8) is 0 Å². The molecule has 6 atom stereocenters. The molecule has 6 aromatic carbocycles. The molecule has 0 aromatic heterocycles. The fraction of sp³-hybridized carbons (Fsp3) is 0.368. The monoisotopic (exact) mass is 769 g/mol. The molecule has 13 rings (SSSR count). The average Bonchev–Trinajstić information content (AvgIpc) is 3.85. The topological polar surface area (TPSA) is 12.5 Å². The van der Waals surface area contributed by atoms with Crippen LogP contribution in [-0.2, 0) is 21.7 Å². The Morgan fingerprint density at radius 2 is 1.14 bits per heavy atom. The summed E-state index contributed by atoms with van der Waals surface area (Å²) in [7, 11) is 0. The molecule has 6 unspecified atom stereocenters. The van der Waals surface area contributed by atoms with Crippen LogP contribution < -0.4 is 9.64 Å². The Morgan fingerprint density at radius 3 is 1.93 bits per heavy atom. The van der Waals surface area contributed by atoms with Crippen LogP contribution in [0.2, 0.25) is 0 Å². The summed E-state index contributed by atoms with van der Waals surface area (Å²) >= 11 is 0. The zero-order chi connectivity index (χ0) is 39.8. The van der Waals surface area contributed by atoms with E-state index in [9.17, 15) is 0 Å². The third kappa shape index (κ3) is 4.19. The molecule has 0 saturated heterocycles. The molecule has 2 spiro atoms. The first-order chi connectivity index (χ1) is 28.4. The second-order valence-corrected chi connectivity index (χ2v) is 21.6. The van der Waals surface area contributed by atoms with Crippen molar-refractivity contribution in [3.05, 3.63) is 161 Å². The van der Waals surface area contributed by atoms with Crippen molar-refractivity contribution < 1.29 is 4.74 Å². The van der Waals surface area contributed by atoms with Gasteiger partial charge >= 0.3 is 0 Å². The minimum Gasteiger partial charge on any atom is -0.456 e. The largest absolute Gasteiger partial charge is 0.456 e. The van der Waals surface area contributed by atoms with E-state index >= 15 is 0 Å². The molecule has 0 N–H and O–H groups in total. The van der Waals surface area contributed by atoms with Gasteiger partial charge in [-0.3, -0.25) is 0 Å². The van der Waals surface area contributed by atoms with Gasteiger partial charge in [0.15, 0.2) is 0 Å². The molecule has 1 heterocycles. The number of nitrogens with zero attached hydrogens (tertiary/aromatic N) is 1. The highest BCUT2D eigenvalue weighted by atomic mass is 16.5. The molecule has 4 fully saturated rings. The number of hydrogen-bond donors (Lipinski definition) is 0. The van der Waals surface area contributed by atoms with Gasteiger partial charge in [0.1, 0.15) is 11.5 Å². The lowest BCUT2D eigenvalue weighted by Gasteiger charge is -2.77. The molecule has 6 aliphatic carbocycles. The van der Waals surface area contributed by atoms with E-state index in [1.165, 1.54) is 111 Å². The lowest BCUT2D eigenvalue weighted by atomic mass is 9.26. The van der Waals surface area contributed by atoms with Gasteiger partial charge in [-0.15, -0.1) is 0 Å². The fourth-order valence-electron chi connectivity index (χ4n) is 15.1. The SMILES string of the molecule is CC1(C)CCC(C)(C)c2cc(N(c3ccc(-c4cccc5c4Oc4ccccc4C54C5CC6CC7CC4C75C6)cc3)c3ccc4c(c3)C(C)(C)c3ccccc3-4)ccc21. The van der Waals surface area contributed by atoms with Gasteiger partial charge in [0.2, 0.25) is 0 Å². The van der Waals surface area contributed by atoms with Gasteiger partial charge in [-0.1, -0.05) is 126 Å². The lowest BCUT2D eigenvalue weighted by Crippen LogP contribution is -2.74. The summed E-state index contributed by atoms with van der Waals surface area (Å²) in [5.74, 6) is 5.54. The van der Waals surface area contributed by atoms with E-state index in [4.69, 9.17) is 4.74 Å². The molecular weight excluding hydrogens is 715 g/mol. The Kier molecular flexibility index (Phi) is 6.59. The number of rotatable bonds is 4. The number of fused-ring (bicyclic) bond motifs is 11. The molecule has 2 bridgehead atoms. The summed E-state index contributed by atoms with van der Waals surface area (Å²) in [6.45, 7) is 14.5. The molecule has 0 radical (unpaired) electrons. The Labute approximate surface area is 350 Å². The molecule has 0 amide bonds. The number of anilines is 3. The zero-order valence-corrected chi connectivity index (χ0v) is 35.5. The molecule has 4 saturated carbocycles. The zero-order valence-electron chi connectivity index (χ0n) is 35.5. The minimum atomic E-state index is -0.0831. The van der Waals surface area contributed by atoms with E-state index in [0.29, 0.717) is 5.41 Å². The van der Waals surface area contributed by atoms with E-state index in [1.807, 2.05) is 0 Å². The van der Waals surface area contributed by atoms with Crippen molar-refractivity contribution in [2.24, 2.45) is 29.1 Å². The van der Waals surface area contributed by atoms with Gasteiger partial charge < -0.3 is 9.64 Å². The maximum absolute atomic E-state index is 7.07. The summed E-state index contributed by atoms with van der Waals surface area (Å²) in [5.41, 5.74) is 18.3. The van der Waals surface area contributed by atoms with E-state index in [-0.39, 0.29) is 21.7 Å². The summed E-state index contributed by atoms with van der Waals surface area (Å²) in [4.78, 5) is 2.51. The Morgan fingerprint density at radius 1 is 0.508 bits per heavy atom. The van der Waals surface area contributed by atoms with Gasteiger partial charge in [0.05, 0.1) is 0 Å². The van der Waals surface area contributed by atoms with Crippen molar-refractivity contribution in [2.45, 2.75) is 102 Å². The second kappa shape index (κ2) is 11.2. The number of ether oxygens (including phenoxy) is 1. The van der Waals surface area contributed by atoms with Gasteiger partial charge in [-0.25, -0.2) is 0 Å². The van der Waals surface area contributed by atoms with Crippen LogP contribution in [0.15, 0.2) is 127 Å². The summed E-state index contributed by atoms with van der Waals surface area (Å²) in [6.07, 6.45) is 8.13. The third-order valence-corrected chi connectivity index (χ3v) is 17.9. The fourth-order valence-corrected chi connectivity index (χ4v) is 15.1. The Hall–Kier alpha value is -5.08. The van der Waals surface area contributed by atoms with Crippen LogP contribution in [0.3, 0.4) is 0 Å². The standard InChI is InChI=1S/C57H55NO/c1-53(2)26-27-54(3,4)48-32-39(23-25-44(48)53)58(38-22-24-42-41-12-7-8-14-43(41)55(5,6)47(42)31-38)37-20-18-35(19-21-37)40-13-11-16-46-52(40)59-49-17-10-9-15-45(49)57(46)50-29-34-28-36-30-51(57)56(36,50)33-34/h7-25,31-32,34,36,50-51H,26-30,33H2,1-6H3. The first kappa shape index (κ1) is 34.8. The van der Waals surface area contributed by atoms with Crippen LogP contribution in [0.1, 0.15) is 113 Å². The molecule has 6 aromatic rings. The highest BCUT2D eigenvalue weighted by Crippen LogP contribution is 2.89. The number of benzene rings is 6. The molecular formula is C57H55NO. The van der Waals surface area contributed by atoms with E-state index in [1.54, 1.807) is 0 Å². The predicted molar refractivity (Wildman–Crippen MR) is 242 cm³/mol. The summed E-state index contributed by atoms with van der Waals surface area (Å²) in [5, 5.41) is 0. The highest BCUT2D eigenvalue weighted by molar-refractivity contribution is 5.87. The van der Waals surface area contributed by atoms with E-state index in [0.717, 1.165) is 35.2 Å². The molecule has 2 heteroatoms. The highest BCUT2D eigenvalue weighted by Gasteiger charge is 2.84. The molecule has 294 valence electrons. The van der Waals surface area contributed by atoms with Gasteiger partial charge in [0.25, 0.3) is 0 Å². The van der Waals surface area contributed by atoms with Crippen LogP contribution in [0.5, 0.6) is 11.5 Å². The second-order valence-electron chi connectivity index (χ2n) is 21.6. The van der Waals surface area contributed by atoms with Crippen LogP contribution in [0.4, 0.5) is 17.1 Å². The third-order valence-electron chi connectivity index (χ3n) is 17.9. The van der Waals surface area contributed by atoms with Crippen molar-refractivity contribution in [1.29, 1.82) is 0 Å². The minimum absolute atomic E-state index is 0.0817. The van der Waals surface area contributed by atoms with Crippen LogP contribution in [-0.4, -0.2) is 0 Å². The maximum Gasteiger partial charge on any atom is 0.139 e. The van der Waals surface area contributed by atoms with Crippen molar-refractivity contribution in [1.82, 2.24) is 0 Å². The van der Waals surface area contributed by atoms with Crippen molar-refractivity contribution >= 4 is 17.1 Å². The Balaban J connectivity index is 0.944. The summed E-state index contributed by atoms with van der Waals surface area (Å²) < 4.78 is 7.07. The molecule has 7 aliphatic rings. The van der Waals surface area contributed by atoms with Crippen LogP contribution >= 0.6 is 0 Å². The molecule has 2 nitrogen and oxygen atoms in total. The Bertz CT molecular complexity index is 2790. The van der Waals surface area contributed by atoms with Crippen molar-refractivity contribution in [2.75, 3.05) is 4.90 Å². The smallest absolute Gasteiger partial charge is 0.139 e. The maximum atomic E-state index is 7.07. The molecule has 1 aliphatic heterocycles.